The second-order valence-corrected chi connectivity index (χ2v) is 8.29. The molecule has 0 radical (unpaired) electrons. The maximum absolute atomic E-state index is 12.2. The number of carbonyl (C=O) groups excluding carboxylic acids is 3. The second kappa shape index (κ2) is 13.1. The molecule has 0 aliphatic rings. The van der Waals surface area contributed by atoms with E-state index in [-0.39, 0.29) is 32.0 Å². The van der Waals surface area contributed by atoms with E-state index in [1.165, 1.54) is 5.48 Å². The van der Waals surface area contributed by atoms with Gasteiger partial charge in [-0.2, -0.15) is 0 Å². The number of hydrogen-bond donors (Lipinski definition) is 6. The van der Waals surface area contributed by atoms with Gasteiger partial charge in [-0.25, -0.2) is 5.48 Å². The second-order valence-electron chi connectivity index (χ2n) is 8.29. The first-order valence-corrected chi connectivity index (χ1v) is 10.3. The summed E-state index contributed by atoms with van der Waals surface area (Å²) >= 11 is 0. The van der Waals surface area contributed by atoms with Gasteiger partial charge in [-0.3, -0.25) is 19.6 Å². The highest BCUT2D eigenvalue weighted by atomic mass is 16.5. The molecule has 0 aliphatic carbocycles. The molecule has 7 N–H and O–H groups in total. The van der Waals surface area contributed by atoms with Crippen molar-refractivity contribution in [2.45, 2.75) is 39.8 Å². The van der Waals surface area contributed by atoms with Crippen molar-refractivity contribution in [3.05, 3.63) is 65.2 Å². The third kappa shape index (κ3) is 9.42. The minimum absolute atomic E-state index is 0. The van der Waals surface area contributed by atoms with Gasteiger partial charge in [0, 0.05) is 34.5 Å². The minimum Gasteiger partial charge on any atom is -0.339 e. The summed E-state index contributed by atoms with van der Waals surface area (Å²) in [5, 5.41) is 17.1. The van der Waals surface area contributed by atoms with Gasteiger partial charge < -0.3 is 21.7 Å². The summed E-state index contributed by atoms with van der Waals surface area (Å²) in [5.74, 6) is 4.62. The van der Waals surface area contributed by atoms with Gasteiger partial charge in [0.2, 0.25) is 5.91 Å². The van der Waals surface area contributed by atoms with Gasteiger partial charge in [0.05, 0.1) is 6.54 Å². The van der Waals surface area contributed by atoms with Crippen molar-refractivity contribution in [3.8, 4) is 11.8 Å². The third-order valence-corrected chi connectivity index (χ3v) is 4.41. The topological polar surface area (TPSA) is 146 Å². The van der Waals surface area contributed by atoms with Crippen molar-refractivity contribution >= 4 is 23.4 Å². The molecule has 2 rings (SSSR count). The Morgan fingerprint density at radius 3 is 1.97 bits per heavy atom. The van der Waals surface area contributed by atoms with Crippen LogP contribution in [0.5, 0.6) is 0 Å². The van der Waals surface area contributed by atoms with Crippen LogP contribution in [0, 0.1) is 11.8 Å². The first kappa shape index (κ1) is 28.3. The molecule has 0 bridgehead atoms. The molecule has 9 nitrogen and oxygen atoms in total. The summed E-state index contributed by atoms with van der Waals surface area (Å²) in [6.45, 7) is 6.05. The average molecular weight is 468 g/mol. The Hall–Kier alpha value is -3.71. The van der Waals surface area contributed by atoms with Crippen molar-refractivity contribution in [3.63, 3.8) is 0 Å². The highest BCUT2D eigenvalue weighted by molar-refractivity contribution is 5.97. The molecule has 0 aromatic heterocycles. The molecule has 0 saturated heterocycles. The molecule has 34 heavy (non-hydrogen) atoms. The number of nitrogens with two attached hydrogens (primary N) is 1. The quantitative estimate of drug-likeness (QED) is 0.207. The summed E-state index contributed by atoms with van der Waals surface area (Å²) in [6.07, 6.45) is 0. The lowest BCUT2D eigenvalue weighted by molar-refractivity contribution is -0.130. The molecule has 0 spiro atoms. The zero-order valence-electron chi connectivity index (χ0n) is 18.9. The number of benzene rings is 2. The Kier molecular flexibility index (Phi) is 10.9. The van der Waals surface area contributed by atoms with Gasteiger partial charge in [-0.15, -0.1) is 0 Å². The van der Waals surface area contributed by atoms with E-state index in [1.807, 2.05) is 20.8 Å². The van der Waals surface area contributed by atoms with Crippen molar-refractivity contribution in [1.82, 2.24) is 16.1 Å². The fraction of sp³-hybridized carbons (Fsp3) is 0.320. The highest BCUT2D eigenvalue weighted by Gasteiger charge is 2.19. The number of anilines is 1. The largest absolute Gasteiger partial charge is 0.339 e. The van der Waals surface area contributed by atoms with E-state index in [0.717, 1.165) is 5.56 Å². The Morgan fingerprint density at radius 1 is 0.971 bits per heavy atom. The zero-order chi connectivity index (χ0) is 24.4. The van der Waals surface area contributed by atoms with Crippen LogP contribution in [0.3, 0.4) is 0 Å². The number of hydrogen-bond acceptors (Lipinski definition) is 6. The van der Waals surface area contributed by atoms with E-state index in [4.69, 9.17) is 10.9 Å². The number of rotatable bonds is 7. The van der Waals surface area contributed by atoms with Crippen LogP contribution >= 0.6 is 0 Å². The van der Waals surface area contributed by atoms with E-state index >= 15 is 0 Å². The maximum Gasteiger partial charge on any atom is 0.267 e. The Labute approximate surface area is 200 Å². The number of amides is 3. The van der Waals surface area contributed by atoms with E-state index in [2.05, 4.69) is 27.8 Å². The van der Waals surface area contributed by atoms with Crippen LogP contribution in [0.2, 0.25) is 0 Å². The lowest BCUT2D eigenvalue weighted by Crippen LogP contribution is -2.50. The molecule has 2 aromatic rings. The molecule has 0 heterocycles. The smallest absolute Gasteiger partial charge is 0.267 e. The van der Waals surface area contributed by atoms with Gasteiger partial charge in [0.15, 0.2) is 0 Å². The molecule has 2 aromatic carbocycles. The number of carbonyl (C=O) groups is 3. The Bertz CT molecular complexity index is 1030. The summed E-state index contributed by atoms with van der Waals surface area (Å²) in [7, 11) is 0. The fourth-order valence-electron chi connectivity index (χ4n) is 2.59. The van der Waals surface area contributed by atoms with Crippen LogP contribution in [-0.4, -0.2) is 47.6 Å². The van der Waals surface area contributed by atoms with Crippen LogP contribution in [0.1, 0.15) is 49.7 Å². The molecule has 0 unspecified atom stereocenters. The first-order valence-electron chi connectivity index (χ1n) is 10.3. The van der Waals surface area contributed by atoms with Crippen LogP contribution in [0.4, 0.5) is 5.69 Å². The van der Waals surface area contributed by atoms with Gasteiger partial charge in [0.1, 0.15) is 6.04 Å². The zero-order valence-corrected chi connectivity index (χ0v) is 18.9. The van der Waals surface area contributed by atoms with Crippen molar-refractivity contribution in [2.75, 3.05) is 18.4 Å². The molecule has 0 saturated carbocycles. The lowest BCUT2D eigenvalue weighted by Gasteiger charge is -2.20. The number of nitrogens with one attached hydrogen (secondary N) is 4. The molecule has 9 heteroatoms. The summed E-state index contributed by atoms with van der Waals surface area (Å²) < 4.78 is 0. The minimum atomic E-state index is -1.04. The predicted octanol–water partition coefficient (Wildman–Crippen LogP) is 1.61. The monoisotopic (exact) mass is 467 g/mol. The van der Waals surface area contributed by atoms with Crippen molar-refractivity contribution in [2.24, 2.45) is 5.73 Å². The van der Waals surface area contributed by atoms with Gasteiger partial charge in [-0.05, 0) is 69.3 Å². The van der Waals surface area contributed by atoms with Gasteiger partial charge in [0.25, 0.3) is 11.8 Å². The third-order valence-electron chi connectivity index (χ3n) is 4.41. The predicted molar refractivity (Wildman–Crippen MR) is 132 cm³/mol. The maximum atomic E-state index is 12.2. The van der Waals surface area contributed by atoms with Crippen LogP contribution in [0.25, 0.3) is 0 Å². The molecule has 0 fully saturated rings. The van der Waals surface area contributed by atoms with E-state index in [9.17, 15) is 14.4 Å². The molecule has 1 atom stereocenters. The van der Waals surface area contributed by atoms with Gasteiger partial charge >= 0.3 is 0 Å². The van der Waals surface area contributed by atoms with Crippen LogP contribution < -0.4 is 27.2 Å². The Morgan fingerprint density at radius 2 is 1.50 bits per heavy atom. The first-order chi connectivity index (χ1) is 15.6. The standard InChI is InChI=1S/C24H29N5O4.CH4/c1-24(2,3)26-15-21(30)27-19-12-8-17(9-13-19)5-4-16-6-10-18(11-7-16)22(31)28-20(14-25)23(32)29-33;/h6-13,20,26,33H,14-15,25H2,1-3H3,(H,27,30)(H,28,31)(H,29,32);1H4/t20-;/m0./s1. The van der Waals surface area contributed by atoms with Crippen LogP contribution in [0.15, 0.2) is 48.5 Å². The van der Waals surface area contributed by atoms with E-state index in [1.54, 1.807) is 48.5 Å². The lowest BCUT2D eigenvalue weighted by atomic mass is 10.1. The average Bonchev–Trinajstić information content (AvgIpc) is 2.80. The molecule has 182 valence electrons. The normalized spacial score (nSPS) is 11.2. The van der Waals surface area contributed by atoms with Crippen molar-refractivity contribution in [1.29, 1.82) is 0 Å². The summed E-state index contributed by atoms with van der Waals surface area (Å²) in [5.41, 5.74) is 9.22. The molecule has 0 aliphatic heterocycles. The summed E-state index contributed by atoms with van der Waals surface area (Å²) in [6, 6.07) is 12.7. The van der Waals surface area contributed by atoms with E-state index < -0.39 is 17.9 Å². The SMILES string of the molecule is C.CC(C)(C)NCC(=O)Nc1ccc(C#Cc2ccc(C(=O)N[C@@H](CN)C(=O)NO)cc2)cc1. The fourth-order valence-corrected chi connectivity index (χ4v) is 2.59. The van der Waals surface area contributed by atoms with Crippen LogP contribution in [-0.2, 0) is 9.59 Å². The summed E-state index contributed by atoms with van der Waals surface area (Å²) in [4.78, 5) is 35.6. The van der Waals surface area contributed by atoms with Gasteiger partial charge in [-0.1, -0.05) is 19.3 Å². The molecular weight excluding hydrogens is 434 g/mol. The number of hydroxylamine groups is 1. The van der Waals surface area contributed by atoms with E-state index in [0.29, 0.717) is 16.8 Å². The van der Waals surface area contributed by atoms with Crippen molar-refractivity contribution < 1.29 is 19.6 Å². The Balaban J connectivity index is 0.00000578. The molecular formula is C25H33N5O4. The molecule has 3 amide bonds. The highest BCUT2D eigenvalue weighted by Crippen LogP contribution is 2.10.